The summed E-state index contributed by atoms with van der Waals surface area (Å²) < 4.78 is 90.4. The zero-order chi connectivity index (χ0) is 65.6. The van der Waals surface area contributed by atoms with Crippen LogP contribution in [0.1, 0.15) is 107 Å². The fraction of sp³-hybridized carbons (Fsp3) is 0.206. The van der Waals surface area contributed by atoms with Gasteiger partial charge in [0.25, 0.3) is 22.9 Å². The predicted octanol–water partition coefficient (Wildman–Crippen LogP) is 12.5. The van der Waals surface area contributed by atoms with Gasteiger partial charge in [0.2, 0.25) is 0 Å². The number of halogens is 8. The Bertz CT molecular complexity index is 5130. The van der Waals surface area contributed by atoms with E-state index >= 15 is 9.59 Å². The molecule has 6 aromatic heterocycles. The zero-order valence-electron chi connectivity index (χ0n) is 50.1. The van der Waals surface area contributed by atoms with Crippen molar-refractivity contribution in [2.75, 3.05) is 0 Å². The van der Waals surface area contributed by atoms with Crippen LogP contribution in [0.25, 0.3) is 39.6 Å². The maximum Gasteiger partial charge on any atom is 0.417 e. The van der Waals surface area contributed by atoms with Crippen LogP contribution in [0.15, 0.2) is 177 Å². The standard InChI is InChI=1S/C68H52Br2F6N14O4/c1-37-32-79-90(82-37)50-20-18-49(19-21-50)87-62-47(34-78-89(62)59-36-85(39(3)25-52(59)66(87)94)64(92)45-15-23-56(70)54(31-45)68(74,75)76)28-41-10-7-11-42(26-41)29-57-60(81-83-80-57)43-12-16-48(17-13-43)86-61-46(27-40-8-5-4-6-9-40)33-77-88(61)58-35-84(38(2)24-51(58)65(86)93)63(91)44-14-22-55(69)53(30-44)67(71,72)73/h4-23,26,30-34,38-39H,24-25,27-29,35-36H2,1-3H3,(H,80,81,83)/t38-,39-/m0/s1. The van der Waals surface area contributed by atoms with Crippen molar-refractivity contribution in [1.82, 2.24) is 68.6 Å². The molecular weight excluding hydrogens is 1350 g/mol. The number of aromatic amines is 1. The first-order chi connectivity index (χ1) is 45.1. The molecule has 1 N–H and O–H groups in total. The number of nitrogens with zero attached hydrogens (tertiary/aromatic N) is 13. The van der Waals surface area contributed by atoms with Crippen molar-refractivity contribution in [2.24, 2.45) is 0 Å². The van der Waals surface area contributed by atoms with Gasteiger partial charge in [0.15, 0.2) is 0 Å². The molecule has 12 aromatic rings. The van der Waals surface area contributed by atoms with Gasteiger partial charge < -0.3 is 9.80 Å². The molecule has 26 heteroatoms. The van der Waals surface area contributed by atoms with Gasteiger partial charge in [-0.15, -0.1) is 5.10 Å². The van der Waals surface area contributed by atoms with E-state index in [1.54, 1.807) is 74.9 Å². The smallest absolute Gasteiger partial charge is 0.330 e. The Morgan fingerprint density at radius 2 is 1.04 bits per heavy atom. The van der Waals surface area contributed by atoms with Crippen molar-refractivity contribution >= 4 is 55.0 Å². The van der Waals surface area contributed by atoms with Gasteiger partial charge in [0.1, 0.15) is 11.3 Å². The lowest BCUT2D eigenvalue weighted by molar-refractivity contribution is -0.139. The first-order valence-electron chi connectivity index (χ1n) is 29.8. The number of rotatable bonds is 12. The highest BCUT2D eigenvalue weighted by molar-refractivity contribution is 9.10. The van der Waals surface area contributed by atoms with Gasteiger partial charge in [0, 0.05) is 79.2 Å². The van der Waals surface area contributed by atoms with Crippen LogP contribution in [0.4, 0.5) is 26.3 Å². The first kappa shape index (κ1) is 61.4. The van der Waals surface area contributed by atoms with Gasteiger partial charge in [-0.05, 0) is 123 Å². The van der Waals surface area contributed by atoms with Crippen molar-refractivity contribution in [3.63, 3.8) is 0 Å². The van der Waals surface area contributed by atoms with Crippen molar-refractivity contribution in [3.8, 4) is 28.3 Å². The fourth-order valence-corrected chi connectivity index (χ4v) is 13.7. The number of hydrogen-bond acceptors (Lipinski definition) is 10. The molecule has 2 amide bonds. The third-order valence-electron chi connectivity index (χ3n) is 17.4. The monoisotopic (exact) mass is 1400 g/mol. The summed E-state index contributed by atoms with van der Waals surface area (Å²) in [4.78, 5) is 63.0. The molecule has 6 aromatic carbocycles. The molecule has 474 valence electrons. The number of amides is 2. The van der Waals surface area contributed by atoms with E-state index in [1.807, 2.05) is 85.8 Å². The van der Waals surface area contributed by atoms with Crippen LogP contribution in [0.2, 0.25) is 0 Å². The fourth-order valence-electron chi connectivity index (χ4n) is 12.8. The van der Waals surface area contributed by atoms with E-state index in [-0.39, 0.29) is 57.1 Å². The van der Waals surface area contributed by atoms with Crippen molar-refractivity contribution in [3.05, 3.63) is 272 Å². The molecular formula is C68H52Br2F6N14O4. The minimum atomic E-state index is -4.72. The normalized spacial score (nSPS) is 15.1. The van der Waals surface area contributed by atoms with E-state index in [1.165, 1.54) is 38.9 Å². The Morgan fingerprint density at radius 3 is 1.54 bits per heavy atom. The number of benzene rings is 6. The number of carbonyl (C=O) groups excluding carboxylic acids is 2. The molecule has 0 spiro atoms. The van der Waals surface area contributed by atoms with Crippen LogP contribution in [0, 0.1) is 6.92 Å². The Morgan fingerprint density at radius 1 is 0.564 bits per heavy atom. The van der Waals surface area contributed by atoms with Crippen molar-refractivity contribution < 1.29 is 35.9 Å². The van der Waals surface area contributed by atoms with Gasteiger partial charge >= 0.3 is 12.4 Å². The van der Waals surface area contributed by atoms with Gasteiger partial charge in [-0.25, -0.2) is 9.03 Å². The van der Waals surface area contributed by atoms with Crippen molar-refractivity contribution in [1.29, 1.82) is 0 Å². The van der Waals surface area contributed by atoms with Crippen LogP contribution >= 0.6 is 31.9 Å². The molecule has 2 aliphatic rings. The summed E-state index contributed by atoms with van der Waals surface area (Å²) in [5.41, 5.74) is 8.19. The molecule has 2 aliphatic heterocycles. The maximum absolute atomic E-state index is 15.1. The average molecular weight is 1400 g/mol. The Labute approximate surface area is 547 Å². The molecule has 0 fully saturated rings. The van der Waals surface area contributed by atoms with Crippen LogP contribution in [-0.2, 0) is 57.5 Å². The largest absolute Gasteiger partial charge is 0.417 e. The van der Waals surface area contributed by atoms with Gasteiger partial charge in [-0.3, -0.25) is 33.4 Å². The van der Waals surface area contributed by atoms with Crippen molar-refractivity contribution in [2.45, 2.75) is 90.4 Å². The third-order valence-corrected chi connectivity index (χ3v) is 18.8. The van der Waals surface area contributed by atoms with Gasteiger partial charge in [0.05, 0.1) is 88.3 Å². The highest BCUT2D eigenvalue weighted by Gasteiger charge is 2.39. The molecule has 0 bridgehead atoms. The second-order valence-electron chi connectivity index (χ2n) is 23.6. The molecule has 0 aliphatic carbocycles. The van der Waals surface area contributed by atoms with Crippen LogP contribution in [0.3, 0.4) is 0 Å². The number of aromatic nitrogens is 12. The summed E-state index contributed by atoms with van der Waals surface area (Å²) in [6.45, 7) is 5.15. The van der Waals surface area contributed by atoms with E-state index in [0.29, 0.717) is 87.1 Å². The summed E-state index contributed by atoms with van der Waals surface area (Å²) in [7, 11) is 0. The van der Waals surface area contributed by atoms with E-state index in [9.17, 15) is 35.9 Å². The highest BCUT2D eigenvalue weighted by atomic mass is 79.9. The quantitative estimate of drug-likeness (QED) is 0.115. The SMILES string of the molecule is Cc1cnn(-c2ccc(-n3c(=O)c4c(n5ncc(Cc6cccc(Cc7nn[nH]c7-c7ccc(-n8c(=O)c9c(n%10ncc(Cc%11ccccc%11)c8%10)CN(C(=O)c8ccc(Br)c(C(F)(F)F)c8)[C@@H](C)C9)cc7)c6)c35)CN(C(=O)c3ccc(Br)c(C(F)(F)F)c3)[C@@H](C)C4)cc2)n1. The molecule has 14 rings (SSSR count). The Hall–Kier alpha value is -10.1. The molecule has 8 heterocycles. The van der Waals surface area contributed by atoms with Crippen LogP contribution in [-0.4, -0.2) is 92.5 Å². The van der Waals surface area contributed by atoms with Gasteiger partial charge in [-0.2, -0.15) is 51.5 Å². The minimum absolute atomic E-state index is 0.0870. The summed E-state index contributed by atoms with van der Waals surface area (Å²) in [5.74, 6) is -1.25. The van der Waals surface area contributed by atoms with E-state index in [4.69, 9.17) is 10.2 Å². The topological polar surface area (TPSA) is 192 Å². The summed E-state index contributed by atoms with van der Waals surface area (Å²) >= 11 is 5.95. The number of alkyl halides is 6. The summed E-state index contributed by atoms with van der Waals surface area (Å²) in [5, 5.41) is 30.3. The van der Waals surface area contributed by atoms with E-state index < -0.39 is 47.4 Å². The number of H-pyrrole nitrogens is 1. The molecule has 0 saturated heterocycles. The molecule has 18 nitrogen and oxygen atoms in total. The number of fused-ring (bicyclic) bond motifs is 6. The second kappa shape index (κ2) is 23.8. The number of aryl methyl sites for hydroxylation is 1. The molecule has 0 radical (unpaired) electrons. The van der Waals surface area contributed by atoms with E-state index in [2.05, 4.69) is 57.5 Å². The predicted molar refractivity (Wildman–Crippen MR) is 342 cm³/mol. The number of carbonyl (C=O) groups is 2. The molecule has 2 atom stereocenters. The van der Waals surface area contributed by atoms with Crippen LogP contribution in [0.5, 0.6) is 0 Å². The zero-order valence-corrected chi connectivity index (χ0v) is 53.3. The first-order valence-corrected chi connectivity index (χ1v) is 31.4. The number of nitrogens with one attached hydrogen (secondary N) is 1. The Kier molecular flexibility index (Phi) is 15.6. The maximum atomic E-state index is 15.1. The average Bonchev–Trinajstić information content (AvgIpc) is 1.22. The van der Waals surface area contributed by atoms with Crippen LogP contribution < -0.4 is 11.1 Å². The lowest BCUT2D eigenvalue weighted by atomic mass is 9.97. The summed E-state index contributed by atoms with van der Waals surface area (Å²) in [6.07, 6.45) is -3.17. The van der Waals surface area contributed by atoms with E-state index in [0.717, 1.165) is 45.6 Å². The third kappa shape index (κ3) is 11.2. The Balaban J connectivity index is 0.772. The molecule has 0 unspecified atom stereocenters. The molecule has 0 saturated carbocycles. The van der Waals surface area contributed by atoms with Gasteiger partial charge in [-0.1, -0.05) is 104 Å². The minimum Gasteiger partial charge on any atom is -0.330 e. The summed E-state index contributed by atoms with van der Waals surface area (Å²) in [6, 6.07) is 37.8. The lowest BCUT2D eigenvalue weighted by Crippen LogP contribution is -2.46. The molecule has 94 heavy (non-hydrogen) atoms. The highest BCUT2D eigenvalue weighted by Crippen LogP contribution is 2.39. The second-order valence-corrected chi connectivity index (χ2v) is 25.3. The lowest BCUT2D eigenvalue weighted by Gasteiger charge is -2.35. The number of hydrogen-bond donors (Lipinski definition) is 1.